The second kappa shape index (κ2) is 3.22. The maximum Gasteiger partial charge on any atom is 0.294 e. The van der Waals surface area contributed by atoms with Crippen LogP contribution in [0.1, 0.15) is 0 Å². The largest absolute Gasteiger partial charge is 0.399 e. The van der Waals surface area contributed by atoms with Crippen molar-refractivity contribution in [1.82, 2.24) is 0 Å². The van der Waals surface area contributed by atoms with Crippen LogP contribution < -0.4 is 5.73 Å². The number of benzene rings is 2. The molecule has 0 unspecified atom stereocenters. The molecular formula is C10H9NO3S. The molecule has 0 saturated carbocycles. The minimum Gasteiger partial charge on any atom is -0.399 e. The van der Waals surface area contributed by atoms with Crippen LogP contribution in [0.25, 0.3) is 10.8 Å². The molecule has 0 aliphatic heterocycles. The van der Waals surface area contributed by atoms with Gasteiger partial charge in [-0.3, -0.25) is 4.55 Å². The Hall–Kier alpha value is -1.59. The van der Waals surface area contributed by atoms with Gasteiger partial charge in [-0.1, -0.05) is 12.1 Å². The lowest BCUT2D eigenvalue weighted by atomic mass is 10.1. The van der Waals surface area contributed by atoms with Gasteiger partial charge >= 0.3 is 0 Å². The lowest BCUT2D eigenvalue weighted by Crippen LogP contribution is -1.97. The van der Waals surface area contributed by atoms with Gasteiger partial charge in [0.1, 0.15) is 0 Å². The SMILES string of the molecule is Nc1ccc2ccc(S(=O)(=O)O)cc2c1. The summed E-state index contributed by atoms with van der Waals surface area (Å²) in [6.45, 7) is 0. The Morgan fingerprint density at radius 2 is 1.67 bits per heavy atom. The summed E-state index contributed by atoms with van der Waals surface area (Å²) in [6.07, 6.45) is 0. The lowest BCUT2D eigenvalue weighted by Gasteiger charge is -2.01. The smallest absolute Gasteiger partial charge is 0.294 e. The van der Waals surface area contributed by atoms with Crippen LogP contribution in [0.3, 0.4) is 0 Å². The molecule has 2 aromatic rings. The van der Waals surface area contributed by atoms with E-state index in [1.807, 2.05) is 0 Å². The van der Waals surface area contributed by atoms with Crippen LogP contribution in [0.2, 0.25) is 0 Å². The van der Waals surface area contributed by atoms with E-state index in [-0.39, 0.29) is 4.90 Å². The van der Waals surface area contributed by atoms with Crippen molar-refractivity contribution in [1.29, 1.82) is 0 Å². The Morgan fingerprint density at radius 1 is 1.00 bits per heavy atom. The number of nitrogens with two attached hydrogens (primary N) is 1. The van der Waals surface area contributed by atoms with E-state index in [0.717, 1.165) is 5.39 Å². The number of anilines is 1. The summed E-state index contributed by atoms with van der Waals surface area (Å²) >= 11 is 0. The van der Waals surface area contributed by atoms with Gasteiger partial charge in [0.25, 0.3) is 10.1 Å². The van der Waals surface area contributed by atoms with Gasteiger partial charge in [0, 0.05) is 5.69 Å². The zero-order chi connectivity index (χ0) is 11.1. The molecule has 0 radical (unpaired) electrons. The monoisotopic (exact) mass is 223 g/mol. The summed E-state index contributed by atoms with van der Waals surface area (Å²) in [5.74, 6) is 0. The van der Waals surface area contributed by atoms with Crippen LogP contribution in [0.15, 0.2) is 41.3 Å². The molecule has 0 aliphatic carbocycles. The van der Waals surface area contributed by atoms with Crippen LogP contribution in [-0.4, -0.2) is 13.0 Å². The minimum absolute atomic E-state index is 0.124. The van der Waals surface area contributed by atoms with E-state index in [0.29, 0.717) is 11.1 Å². The first-order chi connectivity index (χ1) is 6.97. The number of rotatable bonds is 1. The summed E-state index contributed by atoms with van der Waals surface area (Å²) in [5, 5.41) is 1.56. The van der Waals surface area contributed by atoms with Gasteiger partial charge in [-0.15, -0.1) is 0 Å². The molecule has 2 rings (SSSR count). The van der Waals surface area contributed by atoms with Crippen molar-refractivity contribution in [2.75, 3.05) is 5.73 Å². The van der Waals surface area contributed by atoms with Gasteiger partial charge in [0.05, 0.1) is 4.90 Å². The van der Waals surface area contributed by atoms with Crippen molar-refractivity contribution >= 4 is 26.6 Å². The average Bonchev–Trinajstić information content (AvgIpc) is 2.15. The fourth-order valence-corrected chi connectivity index (χ4v) is 1.92. The molecule has 3 N–H and O–H groups in total. The number of nitrogen functional groups attached to an aromatic ring is 1. The predicted molar refractivity (Wildman–Crippen MR) is 58.2 cm³/mol. The highest BCUT2D eigenvalue weighted by Crippen LogP contribution is 2.21. The zero-order valence-corrected chi connectivity index (χ0v) is 8.53. The van der Waals surface area contributed by atoms with Gasteiger partial charge in [0.2, 0.25) is 0 Å². The highest BCUT2D eigenvalue weighted by molar-refractivity contribution is 7.85. The third kappa shape index (κ3) is 1.93. The molecule has 0 saturated heterocycles. The third-order valence-electron chi connectivity index (χ3n) is 2.13. The maximum atomic E-state index is 10.9. The summed E-state index contributed by atoms with van der Waals surface area (Å²) < 4.78 is 30.6. The number of hydrogen-bond donors (Lipinski definition) is 2. The van der Waals surface area contributed by atoms with Gasteiger partial charge in [-0.05, 0) is 35.0 Å². The normalized spacial score (nSPS) is 11.8. The molecule has 0 spiro atoms. The fourth-order valence-electron chi connectivity index (χ4n) is 1.40. The molecule has 0 fully saturated rings. The molecule has 5 heteroatoms. The Balaban J connectivity index is 2.75. The van der Waals surface area contributed by atoms with Crippen molar-refractivity contribution < 1.29 is 13.0 Å². The van der Waals surface area contributed by atoms with E-state index in [1.54, 1.807) is 24.3 Å². The molecule has 2 aromatic carbocycles. The second-order valence-corrected chi connectivity index (χ2v) is 4.66. The van der Waals surface area contributed by atoms with Crippen molar-refractivity contribution in [3.8, 4) is 0 Å². The summed E-state index contributed by atoms with van der Waals surface area (Å²) in [5.41, 5.74) is 6.12. The molecule has 0 heterocycles. The molecule has 0 bridgehead atoms. The van der Waals surface area contributed by atoms with Gasteiger partial charge < -0.3 is 5.73 Å². The second-order valence-electron chi connectivity index (χ2n) is 3.24. The van der Waals surface area contributed by atoms with E-state index in [4.69, 9.17) is 10.3 Å². The summed E-state index contributed by atoms with van der Waals surface area (Å²) in [7, 11) is -4.15. The lowest BCUT2D eigenvalue weighted by molar-refractivity contribution is 0.483. The number of hydrogen-bond acceptors (Lipinski definition) is 3. The Labute approximate surface area is 87.1 Å². The Bertz CT molecular complexity index is 620. The van der Waals surface area contributed by atoms with E-state index < -0.39 is 10.1 Å². The van der Waals surface area contributed by atoms with E-state index >= 15 is 0 Å². The molecule has 78 valence electrons. The van der Waals surface area contributed by atoms with Crippen LogP contribution in [0.5, 0.6) is 0 Å². The van der Waals surface area contributed by atoms with Gasteiger partial charge in [-0.25, -0.2) is 0 Å². The molecule has 0 atom stereocenters. The van der Waals surface area contributed by atoms with Crippen LogP contribution in [0.4, 0.5) is 5.69 Å². The molecule has 0 amide bonds. The van der Waals surface area contributed by atoms with Crippen molar-refractivity contribution in [2.24, 2.45) is 0 Å². The number of fused-ring (bicyclic) bond motifs is 1. The van der Waals surface area contributed by atoms with Crippen LogP contribution >= 0.6 is 0 Å². The van der Waals surface area contributed by atoms with E-state index in [9.17, 15) is 8.42 Å². The molecule has 0 aromatic heterocycles. The highest BCUT2D eigenvalue weighted by atomic mass is 32.2. The highest BCUT2D eigenvalue weighted by Gasteiger charge is 2.09. The van der Waals surface area contributed by atoms with Crippen molar-refractivity contribution in [3.63, 3.8) is 0 Å². The first kappa shape index (κ1) is 9.95. The summed E-state index contributed by atoms with van der Waals surface area (Å²) in [4.78, 5) is -0.124. The molecular weight excluding hydrogens is 214 g/mol. The van der Waals surface area contributed by atoms with Gasteiger partial charge in [-0.2, -0.15) is 8.42 Å². The summed E-state index contributed by atoms with van der Waals surface area (Å²) in [6, 6.07) is 9.55. The first-order valence-corrected chi connectivity index (χ1v) is 5.67. The van der Waals surface area contributed by atoms with Crippen molar-refractivity contribution in [2.45, 2.75) is 4.90 Å². The topological polar surface area (TPSA) is 80.4 Å². The standard InChI is InChI=1S/C10H9NO3S/c11-9-3-1-7-2-4-10(15(12,13)14)6-8(7)5-9/h1-6H,11H2,(H,12,13,14). The molecule has 0 aliphatic rings. The van der Waals surface area contributed by atoms with Crippen molar-refractivity contribution in [3.05, 3.63) is 36.4 Å². The van der Waals surface area contributed by atoms with Gasteiger partial charge in [0.15, 0.2) is 0 Å². The van der Waals surface area contributed by atoms with E-state index in [1.165, 1.54) is 12.1 Å². The molecule has 4 nitrogen and oxygen atoms in total. The zero-order valence-electron chi connectivity index (χ0n) is 7.71. The first-order valence-electron chi connectivity index (χ1n) is 4.23. The fraction of sp³-hybridized carbons (Fsp3) is 0. The predicted octanol–water partition coefficient (Wildman–Crippen LogP) is 1.67. The minimum atomic E-state index is -4.15. The van der Waals surface area contributed by atoms with Crippen LogP contribution in [-0.2, 0) is 10.1 Å². The maximum absolute atomic E-state index is 10.9. The Kier molecular flexibility index (Phi) is 2.13. The Morgan fingerprint density at radius 3 is 2.33 bits per heavy atom. The third-order valence-corrected chi connectivity index (χ3v) is 2.98. The molecule has 15 heavy (non-hydrogen) atoms. The van der Waals surface area contributed by atoms with E-state index in [2.05, 4.69) is 0 Å². The quantitative estimate of drug-likeness (QED) is 0.569. The van der Waals surface area contributed by atoms with Crippen LogP contribution in [0, 0.1) is 0 Å². The average molecular weight is 223 g/mol.